The van der Waals surface area contributed by atoms with Gasteiger partial charge >= 0.3 is 0 Å². The van der Waals surface area contributed by atoms with Crippen LogP contribution in [0.5, 0.6) is 34.5 Å². The zero-order chi connectivity index (χ0) is 74.8. The van der Waals surface area contributed by atoms with Crippen LogP contribution in [0.25, 0.3) is 32.9 Å². The van der Waals surface area contributed by atoms with Crippen LogP contribution in [0.3, 0.4) is 0 Å². The maximum atomic E-state index is 13.7. The number of allylic oxidation sites excluding steroid dienone is 3. The summed E-state index contributed by atoms with van der Waals surface area (Å²) in [5.74, 6) is 5.18. The summed E-state index contributed by atoms with van der Waals surface area (Å²) in [6.45, 7) is 18.6. The second-order valence-corrected chi connectivity index (χ2v) is 29.6. The van der Waals surface area contributed by atoms with E-state index in [-0.39, 0.29) is 46.0 Å². The van der Waals surface area contributed by atoms with Gasteiger partial charge in [0.15, 0.2) is 23.1 Å². The number of ketones is 3. The maximum absolute atomic E-state index is 13.7. The molecule has 0 aliphatic heterocycles. The number of aryl methyl sites for hydroxylation is 3. The number of aromatic hydroxyl groups is 3. The molecular weight excluding hydrogens is 1680 g/mol. The Hall–Kier alpha value is -9.35. The summed E-state index contributed by atoms with van der Waals surface area (Å²) in [5.41, 5.74) is 19.9. The zero-order valence-electron chi connectivity index (χ0n) is 58.7. The Labute approximate surface area is 655 Å². The van der Waals surface area contributed by atoms with E-state index in [9.17, 15) is 29.7 Å². The highest BCUT2D eigenvalue weighted by Crippen LogP contribution is 2.40. The van der Waals surface area contributed by atoms with E-state index in [0.29, 0.717) is 162 Å². The van der Waals surface area contributed by atoms with Gasteiger partial charge in [0.1, 0.15) is 80.1 Å². The number of furan rings is 3. The van der Waals surface area contributed by atoms with E-state index in [2.05, 4.69) is 72.4 Å². The van der Waals surface area contributed by atoms with Crippen LogP contribution in [0, 0.1) is 7.14 Å². The lowest BCUT2D eigenvalue weighted by molar-refractivity contribution is 0.103. The van der Waals surface area contributed by atoms with Crippen molar-refractivity contribution in [2.24, 2.45) is 0 Å². The normalized spacial score (nSPS) is 11.0. The van der Waals surface area contributed by atoms with Crippen LogP contribution in [-0.2, 0) is 38.5 Å². The summed E-state index contributed by atoms with van der Waals surface area (Å²) in [6, 6.07) is 56.1. The van der Waals surface area contributed by atoms with Crippen LogP contribution < -0.4 is 25.7 Å². The number of nitrogens with two attached hydrogens (primary N) is 2. The van der Waals surface area contributed by atoms with Gasteiger partial charge in [0.25, 0.3) is 0 Å². The maximum Gasteiger partial charge on any atom is 0.197 e. The number of halogens is 4. The lowest BCUT2D eigenvalue weighted by atomic mass is 9.97. The minimum absolute atomic E-state index is 0.0549. The predicted molar refractivity (Wildman–Crippen MR) is 442 cm³/mol. The van der Waals surface area contributed by atoms with Crippen LogP contribution in [0.15, 0.2) is 241 Å². The van der Waals surface area contributed by atoms with Crippen molar-refractivity contribution in [3.63, 3.8) is 0 Å². The van der Waals surface area contributed by atoms with E-state index in [1.807, 2.05) is 179 Å². The van der Waals surface area contributed by atoms with Crippen LogP contribution in [0.1, 0.15) is 160 Å². The smallest absolute Gasteiger partial charge is 0.197 e. The number of carbonyl (C=O) groups is 3. The molecule has 3 aromatic heterocycles. The van der Waals surface area contributed by atoms with Crippen LogP contribution in [0.4, 0.5) is 11.4 Å². The molecule has 0 amide bonds. The number of carbonyl (C=O) groups excluding carboxylic acids is 3. The average Bonchev–Trinajstić information content (AvgIpc) is 1.65. The Morgan fingerprint density at radius 2 is 0.695 bits per heavy atom. The monoisotopic (exact) mass is 1760 g/mol. The zero-order valence-corrected chi connectivity index (χ0v) is 66.2. The molecule has 105 heavy (non-hydrogen) atoms. The van der Waals surface area contributed by atoms with Gasteiger partial charge in [-0.1, -0.05) is 170 Å². The Kier molecular flexibility index (Phi) is 27.6. The summed E-state index contributed by atoms with van der Waals surface area (Å²) in [4.78, 5) is 40.8. The first-order valence-corrected chi connectivity index (χ1v) is 38.6. The molecule has 12 rings (SSSR count). The molecule has 0 saturated heterocycles. The third-order valence-corrected chi connectivity index (χ3v) is 20.3. The molecular formula is C87H82Br2I2N2O12. The molecule has 0 aliphatic carbocycles. The molecule has 0 saturated carbocycles. The lowest BCUT2D eigenvalue weighted by Gasteiger charge is -2.09. The number of rotatable bonds is 30. The van der Waals surface area contributed by atoms with E-state index in [4.69, 9.17) is 38.9 Å². The van der Waals surface area contributed by atoms with Gasteiger partial charge in [-0.2, -0.15) is 0 Å². The van der Waals surface area contributed by atoms with Crippen molar-refractivity contribution in [3.8, 4) is 34.5 Å². The number of ether oxygens (including phenoxy) is 3. The minimum Gasteiger partial charge on any atom is -0.506 e. The van der Waals surface area contributed by atoms with E-state index in [1.54, 1.807) is 36.4 Å². The number of hydrogen-bond acceptors (Lipinski definition) is 14. The molecule has 7 N–H and O–H groups in total. The molecule has 0 spiro atoms. The first-order chi connectivity index (χ1) is 50.6. The standard InChI is InChI=1S/C29H26Br2O4.C29H26I2O4.C29H30N2O4/c3*1-3-4-6-11-25-27(28(32)20-15-23(30)29(33)24(31)16-20)22-13-12-21(17-26(22)35-25)34-18(2)14-19-9-7-5-8-10-19/h2*5,7-10,12-13,15-17,33H,2-4,6,11,14H2,1H3;5,7-10,12-13,15-17,33H,2-4,6,11,14,30-31H2,1H3. The molecule has 0 bridgehead atoms. The van der Waals surface area contributed by atoms with Crippen molar-refractivity contribution in [2.75, 3.05) is 11.5 Å². The molecule has 540 valence electrons. The fraction of sp³-hybridized carbons (Fsp3) is 0.207. The Morgan fingerprint density at radius 3 is 1.00 bits per heavy atom. The number of unbranched alkanes of at least 4 members (excludes halogenated alkanes) is 6. The number of benzene rings is 9. The molecule has 12 aromatic rings. The minimum atomic E-state index is -0.254. The Morgan fingerprint density at radius 1 is 0.400 bits per heavy atom. The number of fused-ring (bicyclic) bond motifs is 3. The second kappa shape index (κ2) is 37.1. The Bertz CT molecular complexity index is 4560. The fourth-order valence-electron chi connectivity index (χ4n) is 12.2. The number of anilines is 2. The predicted octanol–water partition coefficient (Wildman–Crippen LogP) is 23.6. The van der Waals surface area contributed by atoms with Gasteiger partial charge in [0, 0.05) is 89.6 Å². The van der Waals surface area contributed by atoms with Crippen molar-refractivity contribution in [1.82, 2.24) is 0 Å². The van der Waals surface area contributed by atoms with Crippen molar-refractivity contribution >= 4 is 139 Å². The van der Waals surface area contributed by atoms with Gasteiger partial charge in [-0.3, -0.25) is 14.4 Å². The summed E-state index contributed by atoms with van der Waals surface area (Å²) in [6.07, 6.45) is 12.9. The first kappa shape index (κ1) is 78.2. The highest BCUT2D eigenvalue weighted by molar-refractivity contribution is 14.1. The molecule has 14 nitrogen and oxygen atoms in total. The van der Waals surface area contributed by atoms with Gasteiger partial charge in [0.2, 0.25) is 0 Å². The second-order valence-electron chi connectivity index (χ2n) is 25.5. The molecule has 0 atom stereocenters. The molecule has 0 unspecified atom stereocenters. The van der Waals surface area contributed by atoms with Crippen molar-refractivity contribution in [3.05, 3.63) is 302 Å². The summed E-state index contributed by atoms with van der Waals surface area (Å²) in [5, 5.41) is 32.3. The third-order valence-electron chi connectivity index (χ3n) is 17.4. The lowest BCUT2D eigenvalue weighted by Crippen LogP contribution is -2.06. The van der Waals surface area contributed by atoms with Crippen molar-refractivity contribution in [2.45, 2.75) is 117 Å². The summed E-state index contributed by atoms with van der Waals surface area (Å²) >= 11 is 10.7. The van der Waals surface area contributed by atoms with E-state index in [0.717, 1.165) is 85.3 Å². The number of phenols is 3. The highest BCUT2D eigenvalue weighted by Gasteiger charge is 2.28. The molecule has 0 aliphatic rings. The Balaban J connectivity index is 0.000000169. The first-order valence-electron chi connectivity index (χ1n) is 34.8. The fourth-order valence-corrected chi connectivity index (χ4v) is 15.1. The van der Waals surface area contributed by atoms with E-state index < -0.39 is 0 Å². The summed E-state index contributed by atoms with van der Waals surface area (Å²) < 4.78 is 38.7. The van der Waals surface area contributed by atoms with Crippen LogP contribution in [-0.4, -0.2) is 32.7 Å². The number of phenolic OH excluding ortho intramolecular Hbond substituents is 3. The van der Waals surface area contributed by atoms with Crippen LogP contribution in [0.2, 0.25) is 0 Å². The van der Waals surface area contributed by atoms with Gasteiger partial charge in [-0.15, -0.1) is 0 Å². The van der Waals surface area contributed by atoms with Gasteiger partial charge < -0.3 is 54.2 Å². The third kappa shape index (κ3) is 20.2. The van der Waals surface area contributed by atoms with Gasteiger partial charge in [-0.05, 0) is 186 Å². The van der Waals surface area contributed by atoms with Gasteiger partial charge in [0.05, 0.1) is 44.2 Å². The largest absolute Gasteiger partial charge is 0.506 e. The van der Waals surface area contributed by atoms with Crippen LogP contribution >= 0.6 is 77.0 Å². The van der Waals surface area contributed by atoms with Crippen molar-refractivity contribution in [1.29, 1.82) is 0 Å². The summed E-state index contributed by atoms with van der Waals surface area (Å²) in [7, 11) is 0. The average molecular weight is 1760 g/mol. The molecule has 3 heterocycles. The number of nitrogen functional groups attached to an aromatic ring is 2. The topological polar surface area (TPSA) is 231 Å². The number of hydrogen-bond donors (Lipinski definition) is 5. The molecule has 0 radical (unpaired) electrons. The van der Waals surface area contributed by atoms with Gasteiger partial charge in [-0.25, -0.2) is 0 Å². The quantitative estimate of drug-likeness (QED) is 0.00704. The SMILES string of the molecule is C=C(Cc1ccccc1)Oc1ccc2c(C(=O)c3cc(Br)c(O)c(Br)c3)c(CCCCC)oc2c1.C=C(Cc1ccccc1)Oc1ccc2c(C(=O)c3cc(I)c(O)c(I)c3)c(CCCCC)oc2c1.C=C(Cc1ccccc1)Oc1ccc2c(C(=O)c3cc(N)c(O)c(N)c3)c(CCCCC)oc2c1. The van der Waals surface area contributed by atoms with E-state index in [1.165, 1.54) is 12.1 Å². The van der Waals surface area contributed by atoms with Crippen molar-refractivity contribution < 1.29 is 57.2 Å². The molecule has 0 fully saturated rings. The van der Waals surface area contributed by atoms with E-state index >= 15 is 0 Å². The highest BCUT2D eigenvalue weighted by atomic mass is 127. The molecule has 9 aromatic carbocycles. The molecule has 18 heteroatoms.